The molecule has 1 atom stereocenters. The molecule has 1 unspecified atom stereocenters. The average Bonchev–Trinajstić information content (AvgIpc) is 2.72. The highest BCUT2D eigenvalue weighted by Crippen LogP contribution is 2.12. The number of pyridine rings is 1. The number of esters is 1. The molecule has 0 aliphatic carbocycles. The standard InChI is InChI=1S/C20H20ClN3O5/c1-13(23-18(25)10-5-14-3-7-16(28-2)8-4-14)20(27)29-12-19(26)24-17-9-6-15(21)11-22-17/h3-11,13H,12H2,1-2H3,(H,23,25)(H,22,24,26)/b10-5+. The average molecular weight is 418 g/mol. The molecule has 9 heteroatoms. The Morgan fingerprint density at radius 3 is 2.52 bits per heavy atom. The lowest BCUT2D eigenvalue weighted by Crippen LogP contribution is -2.39. The van der Waals surface area contributed by atoms with E-state index < -0.39 is 30.4 Å². The molecule has 0 saturated carbocycles. The van der Waals surface area contributed by atoms with Crippen molar-refractivity contribution < 1.29 is 23.9 Å². The van der Waals surface area contributed by atoms with E-state index in [9.17, 15) is 14.4 Å². The molecule has 0 spiro atoms. The molecule has 0 radical (unpaired) electrons. The number of halogens is 1. The zero-order valence-corrected chi connectivity index (χ0v) is 16.6. The Morgan fingerprint density at radius 2 is 1.90 bits per heavy atom. The SMILES string of the molecule is COc1ccc(/C=C/C(=O)NC(C)C(=O)OCC(=O)Nc2ccc(Cl)cn2)cc1. The van der Waals surface area contributed by atoms with E-state index in [4.69, 9.17) is 21.1 Å². The fourth-order valence-corrected chi connectivity index (χ4v) is 2.21. The van der Waals surface area contributed by atoms with Crippen LogP contribution in [0.1, 0.15) is 12.5 Å². The van der Waals surface area contributed by atoms with E-state index in [1.807, 2.05) is 0 Å². The lowest BCUT2D eigenvalue weighted by Gasteiger charge is -2.12. The minimum atomic E-state index is -0.926. The van der Waals surface area contributed by atoms with Gasteiger partial charge in [0, 0.05) is 12.3 Å². The number of carbonyl (C=O) groups is 3. The largest absolute Gasteiger partial charge is 0.497 e. The van der Waals surface area contributed by atoms with Crippen LogP contribution in [-0.2, 0) is 19.1 Å². The molecule has 29 heavy (non-hydrogen) atoms. The molecule has 2 aromatic rings. The number of nitrogens with one attached hydrogen (secondary N) is 2. The summed E-state index contributed by atoms with van der Waals surface area (Å²) in [5.41, 5.74) is 0.795. The molecular weight excluding hydrogens is 398 g/mol. The first-order valence-corrected chi connectivity index (χ1v) is 8.96. The first kappa shape index (κ1) is 21.9. The fourth-order valence-electron chi connectivity index (χ4n) is 2.10. The Balaban J connectivity index is 1.75. The lowest BCUT2D eigenvalue weighted by molar-refractivity contribution is -0.149. The van der Waals surface area contributed by atoms with Crippen molar-refractivity contribution in [3.63, 3.8) is 0 Å². The summed E-state index contributed by atoms with van der Waals surface area (Å²) in [4.78, 5) is 39.6. The van der Waals surface area contributed by atoms with Crippen LogP contribution >= 0.6 is 11.6 Å². The first-order valence-electron chi connectivity index (χ1n) is 8.58. The predicted molar refractivity (Wildman–Crippen MR) is 108 cm³/mol. The van der Waals surface area contributed by atoms with Crippen molar-refractivity contribution >= 4 is 41.3 Å². The Labute approximate surface area is 172 Å². The molecular formula is C20H20ClN3O5. The second-order valence-corrected chi connectivity index (χ2v) is 6.29. The van der Waals surface area contributed by atoms with E-state index in [2.05, 4.69) is 15.6 Å². The van der Waals surface area contributed by atoms with Gasteiger partial charge in [-0.3, -0.25) is 9.59 Å². The predicted octanol–water partition coefficient (Wildman–Crippen LogP) is 2.44. The zero-order valence-electron chi connectivity index (χ0n) is 15.8. The quantitative estimate of drug-likeness (QED) is 0.504. The number of ether oxygens (including phenoxy) is 2. The van der Waals surface area contributed by atoms with Crippen LogP contribution in [0.2, 0.25) is 5.02 Å². The molecule has 2 rings (SSSR count). The third-order valence-corrected chi connectivity index (χ3v) is 3.82. The summed E-state index contributed by atoms with van der Waals surface area (Å²) in [6.45, 7) is 0.950. The van der Waals surface area contributed by atoms with Gasteiger partial charge in [-0.15, -0.1) is 0 Å². The second-order valence-electron chi connectivity index (χ2n) is 5.85. The molecule has 2 amide bonds. The summed E-state index contributed by atoms with van der Waals surface area (Å²) >= 11 is 5.71. The second kappa shape index (κ2) is 10.8. The van der Waals surface area contributed by atoms with Crippen molar-refractivity contribution in [3.05, 3.63) is 59.3 Å². The number of hydrogen-bond donors (Lipinski definition) is 2. The van der Waals surface area contributed by atoms with E-state index in [0.717, 1.165) is 5.56 Å². The van der Waals surface area contributed by atoms with Crippen LogP contribution in [0.5, 0.6) is 5.75 Å². The fraction of sp³-hybridized carbons (Fsp3) is 0.200. The molecule has 8 nitrogen and oxygen atoms in total. The van der Waals surface area contributed by atoms with Gasteiger partial charge in [0.05, 0.1) is 12.1 Å². The molecule has 1 aromatic carbocycles. The van der Waals surface area contributed by atoms with Crippen LogP contribution < -0.4 is 15.4 Å². The summed E-state index contributed by atoms with van der Waals surface area (Å²) in [7, 11) is 1.57. The van der Waals surface area contributed by atoms with Gasteiger partial charge in [-0.25, -0.2) is 9.78 Å². The number of carbonyl (C=O) groups excluding carboxylic acids is 3. The molecule has 2 N–H and O–H groups in total. The normalized spacial score (nSPS) is 11.6. The van der Waals surface area contributed by atoms with Gasteiger partial charge in [0.15, 0.2) is 6.61 Å². The molecule has 152 valence electrons. The minimum Gasteiger partial charge on any atom is -0.497 e. The third-order valence-electron chi connectivity index (χ3n) is 3.60. The van der Waals surface area contributed by atoms with Crippen molar-refractivity contribution in [2.24, 2.45) is 0 Å². The Morgan fingerprint density at radius 1 is 1.17 bits per heavy atom. The summed E-state index contributed by atoms with van der Waals surface area (Å²) in [5, 5.41) is 5.36. The summed E-state index contributed by atoms with van der Waals surface area (Å²) in [5.74, 6) is -0.791. The molecule has 1 aromatic heterocycles. The van der Waals surface area contributed by atoms with E-state index in [1.54, 1.807) is 43.5 Å². The van der Waals surface area contributed by atoms with Gasteiger partial charge >= 0.3 is 5.97 Å². The van der Waals surface area contributed by atoms with Gasteiger partial charge < -0.3 is 20.1 Å². The lowest BCUT2D eigenvalue weighted by atomic mass is 10.2. The van der Waals surface area contributed by atoms with Crippen molar-refractivity contribution in [2.45, 2.75) is 13.0 Å². The monoisotopic (exact) mass is 417 g/mol. The van der Waals surface area contributed by atoms with Crippen LogP contribution in [0.25, 0.3) is 6.08 Å². The number of nitrogens with zero attached hydrogens (tertiary/aromatic N) is 1. The van der Waals surface area contributed by atoms with Crippen LogP contribution in [0.3, 0.4) is 0 Å². The molecule has 1 heterocycles. The number of aromatic nitrogens is 1. The van der Waals surface area contributed by atoms with Crippen molar-refractivity contribution in [3.8, 4) is 5.75 Å². The van der Waals surface area contributed by atoms with Crippen molar-refractivity contribution in [1.82, 2.24) is 10.3 Å². The van der Waals surface area contributed by atoms with E-state index in [1.165, 1.54) is 25.3 Å². The smallest absolute Gasteiger partial charge is 0.328 e. The van der Waals surface area contributed by atoms with E-state index in [-0.39, 0.29) is 5.82 Å². The first-order chi connectivity index (χ1) is 13.9. The highest BCUT2D eigenvalue weighted by Gasteiger charge is 2.17. The van der Waals surface area contributed by atoms with Crippen LogP contribution in [-0.4, -0.2) is 42.5 Å². The summed E-state index contributed by atoms with van der Waals surface area (Å²) < 4.78 is 9.95. The minimum absolute atomic E-state index is 0.278. The topological polar surface area (TPSA) is 107 Å². The molecule has 0 aliphatic rings. The van der Waals surface area contributed by atoms with Crippen molar-refractivity contribution in [2.75, 3.05) is 19.0 Å². The van der Waals surface area contributed by atoms with Crippen molar-refractivity contribution in [1.29, 1.82) is 0 Å². The van der Waals surface area contributed by atoms with Gasteiger partial charge in [-0.05, 0) is 42.8 Å². The zero-order chi connectivity index (χ0) is 21.2. The highest BCUT2D eigenvalue weighted by atomic mass is 35.5. The van der Waals surface area contributed by atoms with Crippen LogP contribution in [0.4, 0.5) is 5.82 Å². The molecule has 0 fully saturated rings. The van der Waals surface area contributed by atoms with Gasteiger partial charge in [0.2, 0.25) is 5.91 Å². The maximum Gasteiger partial charge on any atom is 0.328 e. The summed E-state index contributed by atoms with van der Waals surface area (Å²) in [6.07, 6.45) is 4.27. The highest BCUT2D eigenvalue weighted by molar-refractivity contribution is 6.30. The Bertz CT molecular complexity index is 882. The maximum atomic E-state index is 11.9. The number of benzene rings is 1. The third kappa shape index (κ3) is 7.63. The molecule has 0 saturated heterocycles. The van der Waals surface area contributed by atoms with E-state index in [0.29, 0.717) is 10.8 Å². The van der Waals surface area contributed by atoms with Crippen LogP contribution in [0, 0.1) is 0 Å². The maximum absolute atomic E-state index is 11.9. The molecule has 0 bridgehead atoms. The number of rotatable bonds is 8. The number of anilines is 1. The van der Waals surface area contributed by atoms with Gasteiger partial charge in [0.25, 0.3) is 5.91 Å². The van der Waals surface area contributed by atoms with Gasteiger partial charge in [-0.2, -0.15) is 0 Å². The summed E-state index contributed by atoms with van der Waals surface area (Å²) in [6, 6.07) is 9.25. The van der Waals surface area contributed by atoms with Crippen LogP contribution in [0.15, 0.2) is 48.7 Å². The van der Waals surface area contributed by atoms with Gasteiger partial charge in [-0.1, -0.05) is 23.7 Å². The number of methoxy groups -OCH3 is 1. The molecule has 0 aliphatic heterocycles. The Hall–Kier alpha value is -3.39. The van der Waals surface area contributed by atoms with E-state index >= 15 is 0 Å². The number of amides is 2. The Kier molecular flexibility index (Phi) is 8.17. The number of hydrogen-bond acceptors (Lipinski definition) is 6. The van der Waals surface area contributed by atoms with Gasteiger partial charge in [0.1, 0.15) is 17.6 Å².